The van der Waals surface area contributed by atoms with E-state index in [4.69, 9.17) is 9.47 Å². The van der Waals surface area contributed by atoms with E-state index in [1.54, 1.807) is 6.92 Å². The lowest BCUT2D eigenvalue weighted by Gasteiger charge is -2.06. The Hall–Kier alpha value is -3.40. The number of carbonyl (C=O) groups excluding carboxylic acids is 2. The number of halogens is 3. The maximum absolute atomic E-state index is 13.2. The van der Waals surface area contributed by atoms with Gasteiger partial charge in [0.2, 0.25) is 0 Å². The van der Waals surface area contributed by atoms with Crippen LogP contribution in [-0.2, 0) is 16.1 Å². The van der Waals surface area contributed by atoms with Crippen LogP contribution in [0.2, 0.25) is 0 Å². The number of nitrogens with one attached hydrogen (secondary N) is 1. The zero-order valence-electron chi connectivity index (χ0n) is 15.6. The molecule has 0 spiro atoms. The van der Waals surface area contributed by atoms with E-state index in [0.29, 0.717) is 16.5 Å². The van der Waals surface area contributed by atoms with Crippen LogP contribution in [0, 0.1) is 24.4 Å². The summed E-state index contributed by atoms with van der Waals surface area (Å²) in [6.07, 6.45) is 0. The van der Waals surface area contributed by atoms with Crippen LogP contribution in [0.25, 0.3) is 0 Å². The number of hydrogen-bond donors (Lipinski definition) is 1. The highest BCUT2D eigenvalue weighted by molar-refractivity contribution is 7.13. The number of hydrogen-bond acceptors (Lipinski definition) is 6. The van der Waals surface area contributed by atoms with E-state index in [0.717, 1.165) is 23.5 Å². The van der Waals surface area contributed by atoms with E-state index in [1.807, 2.05) is 0 Å². The number of ether oxygens (including phenoxy) is 2. The summed E-state index contributed by atoms with van der Waals surface area (Å²) >= 11 is 1.04. The number of amides is 1. The summed E-state index contributed by atoms with van der Waals surface area (Å²) in [5.41, 5.74) is 0.438. The molecule has 1 aromatic heterocycles. The van der Waals surface area contributed by atoms with E-state index >= 15 is 0 Å². The second kappa shape index (κ2) is 9.40. The monoisotopic (exact) mass is 436 g/mol. The van der Waals surface area contributed by atoms with E-state index in [2.05, 4.69) is 10.3 Å². The fourth-order valence-corrected chi connectivity index (χ4v) is 3.22. The summed E-state index contributed by atoms with van der Waals surface area (Å²) < 4.78 is 49.4. The molecular formula is C20H15F3N2O4S. The first-order chi connectivity index (χ1) is 14.3. The van der Waals surface area contributed by atoms with Gasteiger partial charge in [-0.15, -0.1) is 11.3 Å². The molecule has 1 N–H and O–H groups in total. The van der Waals surface area contributed by atoms with E-state index < -0.39 is 30.1 Å². The molecule has 1 amide bonds. The molecular weight excluding hydrogens is 421 g/mol. The minimum Gasteiger partial charge on any atom is -0.486 e. The average Bonchev–Trinajstić information content (AvgIpc) is 3.09. The number of aryl methyl sites for hydroxylation is 1. The minimum absolute atomic E-state index is 0.0316. The van der Waals surface area contributed by atoms with Crippen LogP contribution in [0.3, 0.4) is 0 Å². The van der Waals surface area contributed by atoms with Gasteiger partial charge in [0.1, 0.15) is 28.1 Å². The molecule has 6 nitrogen and oxygen atoms in total. The molecule has 0 atom stereocenters. The number of esters is 1. The quantitative estimate of drug-likeness (QED) is 0.561. The summed E-state index contributed by atoms with van der Waals surface area (Å²) in [4.78, 5) is 28.5. The zero-order valence-corrected chi connectivity index (χ0v) is 16.4. The third-order valence-corrected chi connectivity index (χ3v) is 4.85. The van der Waals surface area contributed by atoms with Gasteiger partial charge in [0.05, 0.1) is 5.69 Å². The molecule has 0 aliphatic carbocycles. The molecule has 0 fully saturated rings. The lowest BCUT2D eigenvalue weighted by atomic mass is 10.3. The lowest BCUT2D eigenvalue weighted by Crippen LogP contribution is -2.21. The fourth-order valence-electron chi connectivity index (χ4n) is 2.35. The maximum Gasteiger partial charge on any atom is 0.350 e. The van der Waals surface area contributed by atoms with Crippen molar-refractivity contribution in [3.8, 4) is 5.75 Å². The number of anilines is 1. The summed E-state index contributed by atoms with van der Waals surface area (Å²) in [5.74, 6) is -3.55. The van der Waals surface area contributed by atoms with Gasteiger partial charge in [-0.1, -0.05) is 0 Å². The van der Waals surface area contributed by atoms with Crippen LogP contribution in [0.4, 0.5) is 18.9 Å². The molecule has 10 heteroatoms. The molecule has 3 aromatic rings. The molecule has 0 saturated carbocycles. The van der Waals surface area contributed by atoms with Crippen molar-refractivity contribution in [2.24, 2.45) is 0 Å². The predicted molar refractivity (Wildman–Crippen MR) is 103 cm³/mol. The Morgan fingerprint density at radius 3 is 2.50 bits per heavy atom. The van der Waals surface area contributed by atoms with Crippen LogP contribution >= 0.6 is 11.3 Å². The van der Waals surface area contributed by atoms with Crippen molar-refractivity contribution >= 4 is 28.9 Å². The molecule has 0 aliphatic rings. The molecule has 0 bridgehead atoms. The largest absolute Gasteiger partial charge is 0.486 e. The smallest absolute Gasteiger partial charge is 0.350 e. The third-order valence-electron chi connectivity index (χ3n) is 3.74. The van der Waals surface area contributed by atoms with E-state index in [1.165, 1.54) is 30.3 Å². The minimum atomic E-state index is -1.11. The molecule has 30 heavy (non-hydrogen) atoms. The summed E-state index contributed by atoms with van der Waals surface area (Å²) in [6.45, 7) is 1.06. The number of thiazole rings is 1. The van der Waals surface area contributed by atoms with Crippen LogP contribution in [-0.4, -0.2) is 23.5 Å². The Morgan fingerprint density at radius 1 is 1.07 bits per heavy atom. The summed E-state index contributed by atoms with van der Waals surface area (Å²) in [5, 5.41) is 2.79. The standard InChI is InChI=1S/C20H15F3N2O4S/c1-11-19(30-18(24-11)10-28-14-5-2-12(21)3-6-14)20(27)29-9-17(26)25-13-4-7-15(22)16(23)8-13/h2-8H,9-10H2,1H3,(H,25,26). The number of nitrogens with zero attached hydrogens (tertiary/aromatic N) is 1. The Bertz CT molecular complexity index is 1070. The van der Waals surface area contributed by atoms with Crippen molar-refractivity contribution in [3.05, 3.63) is 75.5 Å². The first kappa shape index (κ1) is 21.3. The van der Waals surface area contributed by atoms with Gasteiger partial charge >= 0.3 is 5.97 Å². The highest BCUT2D eigenvalue weighted by atomic mass is 32.1. The van der Waals surface area contributed by atoms with E-state index in [9.17, 15) is 22.8 Å². The van der Waals surface area contributed by atoms with Crippen molar-refractivity contribution < 1.29 is 32.2 Å². The fraction of sp³-hybridized carbons (Fsp3) is 0.150. The van der Waals surface area contributed by atoms with Crippen molar-refractivity contribution in [1.82, 2.24) is 4.98 Å². The summed E-state index contributed by atoms with van der Waals surface area (Å²) in [7, 11) is 0. The van der Waals surface area contributed by atoms with Crippen LogP contribution in [0.1, 0.15) is 20.4 Å². The van der Waals surface area contributed by atoms with Gasteiger partial charge in [-0.3, -0.25) is 4.79 Å². The number of benzene rings is 2. The van der Waals surface area contributed by atoms with Crippen LogP contribution < -0.4 is 10.1 Å². The SMILES string of the molecule is Cc1nc(COc2ccc(F)cc2)sc1C(=O)OCC(=O)Nc1ccc(F)c(F)c1. The van der Waals surface area contributed by atoms with Gasteiger partial charge in [-0.2, -0.15) is 0 Å². The van der Waals surface area contributed by atoms with Crippen molar-refractivity contribution in [1.29, 1.82) is 0 Å². The van der Waals surface area contributed by atoms with Gasteiger partial charge in [0, 0.05) is 11.8 Å². The highest BCUT2D eigenvalue weighted by Gasteiger charge is 2.18. The summed E-state index contributed by atoms with van der Waals surface area (Å²) in [6, 6.07) is 8.32. The Morgan fingerprint density at radius 2 is 1.80 bits per heavy atom. The molecule has 3 rings (SSSR count). The van der Waals surface area contributed by atoms with Gasteiger partial charge in [-0.25, -0.2) is 22.9 Å². The molecule has 2 aromatic carbocycles. The van der Waals surface area contributed by atoms with Gasteiger partial charge in [0.25, 0.3) is 5.91 Å². The Balaban J connectivity index is 1.52. The van der Waals surface area contributed by atoms with Crippen molar-refractivity contribution in [3.63, 3.8) is 0 Å². The topological polar surface area (TPSA) is 77.5 Å². The first-order valence-corrected chi connectivity index (χ1v) is 9.40. The highest BCUT2D eigenvalue weighted by Crippen LogP contribution is 2.21. The molecule has 0 unspecified atom stereocenters. The number of rotatable bonds is 7. The molecule has 156 valence electrons. The van der Waals surface area contributed by atoms with Crippen molar-refractivity contribution in [2.45, 2.75) is 13.5 Å². The molecule has 0 radical (unpaired) electrons. The first-order valence-electron chi connectivity index (χ1n) is 8.58. The lowest BCUT2D eigenvalue weighted by molar-refractivity contribution is -0.119. The normalized spacial score (nSPS) is 10.5. The predicted octanol–water partition coefficient (Wildman–Crippen LogP) is 4.24. The van der Waals surface area contributed by atoms with Gasteiger partial charge in [-0.05, 0) is 43.3 Å². The van der Waals surface area contributed by atoms with Gasteiger partial charge < -0.3 is 14.8 Å². The molecule has 0 aliphatic heterocycles. The molecule has 0 saturated heterocycles. The van der Waals surface area contributed by atoms with E-state index in [-0.39, 0.29) is 23.0 Å². The zero-order chi connectivity index (χ0) is 21.7. The number of carbonyl (C=O) groups is 2. The average molecular weight is 436 g/mol. The van der Waals surface area contributed by atoms with Crippen molar-refractivity contribution in [2.75, 3.05) is 11.9 Å². The number of aromatic nitrogens is 1. The maximum atomic E-state index is 13.2. The van der Waals surface area contributed by atoms with Gasteiger partial charge in [0.15, 0.2) is 18.2 Å². The second-order valence-corrected chi connectivity index (χ2v) is 7.10. The second-order valence-electron chi connectivity index (χ2n) is 6.02. The molecule has 1 heterocycles. The van der Waals surface area contributed by atoms with Crippen LogP contribution in [0.15, 0.2) is 42.5 Å². The third kappa shape index (κ3) is 5.57. The Kier molecular flexibility index (Phi) is 6.68. The van der Waals surface area contributed by atoms with Crippen LogP contribution in [0.5, 0.6) is 5.75 Å². The Labute approximate surface area is 173 Å².